The van der Waals surface area contributed by atoms with Gasteiger partial charge in [0, 0.05) is 36.0 Å². The molecule has 0 spiro atoms. The predicted molar refractivity (Wildman–Crippen MR) is 76.6 cm³/mol. The molecule has 2 heterocycles. The monoisotopic (exact) mass is 298 g/mol. The molecule has 1 N–H and O–H groups in total. The van der Waals surface area contributed by atoms with Crippen molar-refractivity contribution >= 4 is 11.6 Å². The molecule has 2 aromatic heterocycles. The molecular formula is C15H11FN4O2. The Labute approximate surface area is 125 Å². The quantitative estimate of drug-likeness (QED) is 0.752. The minimum Gasteiger partial charge on any atom is -0.421 e. The summed E-state index contributed by atoms with van der Waals surface area (Å²) in [7, 11) is 0. The van der Waals surface area contributed by atoms with E-state index < -0.39 is 11.9 Å². The Bertz CT molecular complexity index is 814. The van der Waals surface area contributed by atoms with E-state index in [2.05, 4.69) is 20.5 Å². The molecule has 3 aromatic rings. The summed E-state index contributed by atoms with van der Waals surface area (Å²) in [6, 6.07) is 9.40. The van der Waals surface area contributed by atoms with E-state index in [0.29, 0.717) is 17.5 Å². The molecular weight excluding hydrogens is 287 g/mol. The third kappa shape index (κ3) is 2.98. The number of aromatic nitrogens is 3. The fourth-order valence-electron chi connectivity index (χ4n) is 1.86. The number of aryl methyl sites for hydroxylation is 1. The fourth-order valence-corrected chi connectivity index (χ4v) is 1.86. The van der Waals surface area contributed by atoms with Crippen molar-refractivity contribution in [2.24, 2.45) is 0 Å². The average molecular weight is 298 g/mol. The Kier molecular flexibility index (Phi) is 3.61. The molecule has 0 radical (unpaired) electrons. The standard InChI is InChI=1S/C15H11FN4O2/c1-9-19-20-15(22-9)10-2-4-12(5-3-10)18-14(21)11-6-7-17-13(16)8-11/h2-8H,1H3,(H,18,21). The van der Waals surface area contributed by atoms with Gasteiger partial charge in [-0.3, -0.25) is 4.79 Å². The normalized spacial score (nSPS) is 10.5. The highest BCUT2D eigenvalue weighted by molar-refractivity contribution is 6.04. The number of amides is 1. The molecule has 3 rings (SSSR count). The van der Waals surface area contributed by atoms with Crippen LogP contribution >= 0.6 is 0 Å². The second-order valence-corrected chi connectivity index (χ2v) is 4.52. The molecule has 7 heteroatoms. The Morgan fingerprint density at radius 3 is 2.59 bits per heavy atom. The molecule has 22 heavy (non-hydrogen) atoms. The van der Waals surface area contributed by atoms with Gasteiger partial charge in [-0.1, -0.05) is 0 Å². The van der Waals surface area contributed by atoms with E-state index in [1.54, 1.807) is 31.2 Å². The van der Waals surface area contributed by atoms with E-state index >= 15 is 0 Å². The van der Waals surface area contributed by atoms with Crippen molar-refractivity contribution in [3.8, 4) is 11.5 Å². The van der Waals surface area contributed by atoms with Crippen molar-refractivity contribution in [1.82, 2.24) is 15.2 Å². The molecule has 1 aromatic carbocycles. The zero-order valence-corrected chi connectivity index (χ0v) is 11.6. The van der Waals surface area contributed by atoms with Gasteiger partial charge < -0.3 is 9.73 Å². The van der Waals surface area contributed by atoms with Crippen LogP contribution < -0.4 is 5.32 Å². The van der Waals surface area contributed by atoms with Crippen molar-refractivity contribution in [3.05, 3.63) is 60.0 Å². The number of nitrogens with one attached hydrogen (secondary N) is 1. The molecule has 0 atom stereocenters. The zero-order chi connectivity index (χ0) is 15.5. The summed E-state index contributed by atoms with van der Waals surface area (Å²) in [5.41, 5.74) is 1.51. The molecule has 0 bridgehead atoms. The van der Waals surface area contributed by atoms with E-state index in [1.807, 2.05) is 0 Å². The highest BCUT2D eigenvalue weighted by Gasteiger charge is 2.09. The SMILES string of the molecule is Cc1nnc(-c2ccc(NC(=O)c3ccnc(F)c3)cc2)o1. The Morgan fingerprint density at radius 1 is 1.18 bits per heavy atom. The summed E-state index contributed by atoms with van der Waals surface area (Å²) in [6.07, 6.45) is 1.24. The maximum absolute atomic E-state index is 13.0. The first kappa shape index (κ1) is 13.9. The molecule has 0 fully saturated rings. The number of carbonyl (C=O) groups excluding carboxylic acids is 1. The lowest BCUT2D eigenvalue weighted by Crippen LogP contribution is -2.12. The van der Waals surface area contributed by atoms with Crippen LogP contribution in [0, 0.1) is 12.9 Å². The molecule has 0 aliphatic heterocycles. The number of rotatable bonds is 3. The average Bonchev–Trinajstić information content (AvgIpc) is 2.94. The van der Waals surface area contributed by atoms with Gasteiger partial charge in [-0.15, -0.1) is 10.2 Å². The van der Waals surface area contributed by atoms with Crippen LogP contribution in [0.2, 0.25) is 0 Å². The molecule has 0 aliphatic carbocycles. The third-order valence-electron chi connectivity index (χ3n) is 2.90. The first-order valence-electron chi connectivity index (χ1n) is 6.45. The minimum absolute atomic E-state index is 0.198. The van der Waals surface area contributed by atoms with Gasteiger partial charge in [0.15, 0.2) is 0 Å². The fraction of sp³-hybridized carbons (Fsp3) is 0.0667. The predicted octanol–water partition coefficient (Wildman–Crippen LogP) is 2.83. The number of benzene rings is 1. The Balaban J connectivity index is 1.75. The van der Waals surface area contributed by atoms with Crippen LogP contribution in [0.25, 0.3) is 11.5 Å². The number of pyridine rings is 1. The first-order chi connectivity index (χ1) is 10.6. The van der Waals surface area contributed by atoms with Gasteiger partial charge in [-0.25, -0.2) is 4.98 Å². The third-order valence-corrected chi connectivity index (χ3v) is 2.90. The molecule has 0 saturated carbocycles. The molecule has 1 amide bonds. The second kappa shape index (κ2) is 5.72. The zero-order valence-electron chi connectivity index (χ0n) is 11.6. The smallest absolute Gasteiger partial charge is 0.255 e. The van der Waals surface area contributed by atoms with Gasteiger partial charge in [0.05, 0.1) is 0 Å². The first-order valence-corrected chi connectivity index (χ1v) is 6.45. The second-order valence-electron chi connectivity index (χ2n) is 4.52. The molecule has 6 nitrogen and oxygen atoms in total. The largest absolute Gasteiger partial charge is 0.421 e. The summed E-state index contributed by atoms with van der Waals surface area (Å²) in [5, 5.41) is 10.3. The highest BCUT2D eigenvalue weighted by atomic mass is 19.1. The van der Waals surface area contributed by atoms with Crippen LogP contribution in [0.4, 0.5) is 10.1 Å². The van der Waals surface area contributed by atoms with Crippen LogP contribution in [0.15, 0.2) is 47.0 Å². The van der Waals surface area contributed by atoms with Crippen molar-refractivity contribution in [2.45, 2.75) is 6.92 Å². The summed E-state index contributed by atoms with van der Waals surface area (Å²) in [5.74, 6) is -0.226. The topological polar surface area (TPSA) is 80.9 Å². The lowest BCUT2D eigenvalue weighted by Gasteiger charge is -2.05. The number of anilines is 1. The van der Waals surface area contributed by atoms with Gasteiger partial charge in [-0.2, -0.15) is 4.39 Å². The van der Waals surface area contributed by atoms with Crippen LogP contribution in [0.5, 0.6) is 0 Å². The molecule has 110 valence electrons. The van der Waals surface area contributed by atoms with Gasteiger partial charge in [0.2, 0.25) is 17.7 Å². The summed E-state index contributed by atoms with van der Waals surface area (Å²) >= 11 is 0. The van der Waals surface area contributed by atoms with Gasteiger partial charge in [-0.05, 0) is 30.3 Å². The summed E-state index contributed by atoms with van der Waals surface area (Å²) < 4.78 is 18.3. The number of hydrogen-bond donors (Lipinski definition) is 1. The van der Waals surface area contributed by atoms with E-state index in [4.69, 9.17) is 4.42 Å². The summed E-state index contributed by atoms with van der Waals surface area (Å²) in [4.78, 5) is 15.4. The lowest BCUT2D eigenvalue weighted by atomic mass is 10.2. The Hall–Kier alpha value is -3.09. The number of hydrogen-bond acceptors (Lipinski definition) is 5. The van der Waals surface area contributed by atoms with Crippen molar-refractivity contribution < 1.29 is 13.6 Å². The van der Waals surface area contributed by atoms with E-state index in [0.717, 1.165) is 11.6 Å². The van der Waals surface area contributed by atoms with E-state index in [-0.39, 0.29) is 5.56 Å². The maximum atomic E-state index is 13.0. The van der Waals surface area contributed by atoms with Crippen LogP contribution in [0.1, 0.15) is 16.2 Å². The van der Waals surface area contributed by atoms with Crippen LogP contribution in [0.3, 0.4) is 0 Å². The van der Waals surface area contributed by atoms with Crippen LogP contribution in [-0.4, -0.2) is 21.1 Å². The highest BCUT2D eigenvalue weighted by Crippen LogP contribution is 2.20. The number of halogens is 1. The van der Waals surface area contributed by atoms with Gasteiger partial charge in [0.1, 0.15) is 0 Å². The maximum Gasteiger partial charge on any atom is 0.255 e. The van der Waals surface area contributed by atoms with Gasteiger partial charge >= 0.3 is 0 Å². The Morgan fingerprint density at radius 2 is 1.95 bits per heavy atom. The van der Waals surface area contributed by atoms with E-state index in [9.17, 15) is 9.18 Å². The minimum atomic E-state index is -0.699. The molecule has 0 aliphatic rings. The van der Waals surface area contributed by atoms with Gasteiger partial charge in [0.25, 0.3) is 5.91 Å². The van der Waals surface area contributed by atoms with Crippen LogP contribution in [-0.2, 0) is 0 Å². The number of carbonyl (C=O) groups is 1. The van der Waals surface area contributed by atoms with Crippen molar-refractivity contribution in [1.29, 1.82) is 0 Å². The molecule has 0 saturated heterocycles. The van der Waals surface area contributed by atoms with Crippen molar-refractivity contribution in [2.75, 3.05) is 5.32 Å². The van der Waals surface area contributed by atoms with Crippen molar-refractivity contribution in [3.63, 3.8) is 0 Å². The lowest BCUT2D eigenvalue weighted by molar-refractivity contribution is 0.102. The number of nitrogens with zero attached hydrogens (tertiary/aromatic N) is 3. The summed E-state index contributed by atoms with van der Waals surface area (Å²) in [6.45, 7) is 1.71. The van der Waals surface area contributed by atoms with E-state index in [1.165, 1.54) is 12.3 Å². The molecule has 0 unspecified atom stereocenters.